The first kappa shape index (κ1) is 8.73. The maximum atomic E-state index is 11.5. The summed E-state index contributed by atoms with van der Waals surface area (Å²) in [6.07, 6.45) is 3.19. The van der Waals surface area contributed by atoms with Crippen LogP contribution >= 0.6 is 0 Å². The number of carbonyl (C=O) groups is 2. The number of piperidine rings is 1. The highest BCUT2D eigenvalue weighted by atomic mass is 16.2. The maximum Gasteiger partial charge on any atom is 0.230 e. The van der Waals surface area contributed by atoms with Crippen LogP contribution in [0.25, 0.3) is 0 Å². The molecule has 1 aliphatic carbocycles. The minimum atomic E-state index is 0.0376. The highest BCUT2D eigenvalue weighted by molar-refractivity contribution is 6.00. The molecule has 0 spiro atoms. The molecule has 13 heavy (non-hydrogen) atoms. The zero-order valence-corrected chi connectivity index (χ0v) is 7.95. The minimum absolute atomic E-state index is 0.0376. The quantitative estimate of drug-likeness (QED) is 0.595. The van der Waals surface area contributed by atoms with E-state index in [1.165, 1.54) is 12.8 Å². The fourth-order valence-corrected chi connectivity index (χ4v) is 1.99. The summed E-state index contributed by atoms with van der Waals surface area (Å²) in [6, 6.07) is 0.362. The van der Waals surface area contributed by atoms with E-state index in [2.05, 4.69) is 6.92 Å². The average Bonchev–Trinajstić information content (AvgIpc) is 2.85. The Hall–Kier alpha value is -0.860. The SMILES string of the molecule is CC(C1CC1)N1CCC(=O)CC1=O. The van der Waals surface area contributed by atoms with Crippen LogP contribution in [0.4, 0.5) is 0 Å². The first-order chi connectivity index (χ1) is 6.18. The second-order valence-electron chi connectivity index (χ2n) is 4.13. The predicted molar refractivity (Wildman–Crippen MR) is 48.1 cm³/mol. The van der Waals surface area contributed by atoms with Gasteiger partial charge in [0.15, 0.2) is 0 Å². The van der Waals surface area contributed by atoms with Crippen molar-refractivity contribution in [3.8, 4) is 0 Å². The van der Waals surface area contributed by atoms with Crippen LogP contribution in [0.1, 0.15) is 32.6 Å². The van der Waals surface area contributed by atoms with E-state index in [0.717, 1.165) is 0 Å². The summed E-state index contributed by atoms with van der Waals surface area (Å²) < 4.78 is 0. The van der Waals surface area contributed by atoms with Crippen molar-refractivity contribution in [1.82, 2.24) is 4.90 Å². The highest BCUT2D eigenvalue weighted by Gasteiger charge is 2.36. The molecule has 0 N–H and O–H groups in total. The molecule has 3 heteroatoms. The molecule has 2 rings (SSSR count). The van der Waals surface area contributed by atoms with Gasteiger partial charge in [-0.15, -0.1) is 0 Å². The lowest BCUT2D eigenvalue weighted by atomic mass is 10.0. The molecule has 0 radical (unpaired) electrons. The second-order valence-corrected chi connectivity index (χ2v) is 4.13. The van der Waals surface area contributed by atoms with Crippen molar-refractivity contribution >= 4 is 11.7 Å². The Bertz CT molecular complexity index is 245. The summed E-state index contributed by atoms with van der Waals surface area (Å²) in [4.78, 5) is 24.4. The standard InChI is InChI=1S/C10H15NO2/c1-7(8-2-3-8)11-5-4-9(12)6-10(11)13/h7-8H,2-6H2,1H3. The Balaban J connectivity index is 1.98. The first-order valence-corrected chi connectivity index (χ1v) is 4.99. The first-order valence-electron chi connectivity index (χ1n) is 4.99. The van der Waals surface area contributed by atoms with Gasteiger partial charge in [0.05, 0.1) is 6.42 Å². The molecule has 72 valence electrons. The normalized spacial score (nSPS) is 26.4. The molecule has 1 unspecified atom stereocenters. The third-order valence-corrected chi connectivity index (χ3v) is 3.10. The number of hydrogen-bond acceptors (Lipinski definition) is 2. The van der Waals surface area contributed by atoms with Gasteiger partial charge in [-0.3, -0.25) is 9.59 Å². The van der Waals surface area contributed by atoms with Crippen LogP contribution in [-0.2, 0) is 9.59 Å². The molecule has 1 saturated heterocycles. The molecule has 2 fully saturated rings. The largest absolute Gasteiger partial charge is 0.339 e. The van der Waals surface area contributed by atoms with Crippen LogP contribution in [0.15, 0.2) is 0 Å². The van der Waals surface area contributed by atoms with Crippen molar-refractivity contribution in [3.63, 3.8) is 0 Å². The molecular formula is C10H15NO2. The summed E-state index contributed by atoms with van der Waals surface area (Å²) in [7, 11) is 0. The fraction of sp³-hybridized carbons (Fsp3) is 0.800. The number of ketones is 1. The molecule has 1 aliphatic heterocycles. The lowest BCUT2D eigenvalue weighted by Gasteiger charge is -2.32. The highest BCUT2D eigenvalue weighted by Crippen LogP contribution is 2.35. The van der Waals surface area contributed by atoms with E-state index in [-0.39, 0.29) is 18.1 Å². The number of hydrogen-bond donors (Lipinski definition) is 0. The smallest absolute Gasteiger partial charge is 0.230 e. The lowest BCUT2D eigenvalue weighted by Crippen LogP contribution is -2.45. The van der Waals surface area contributed by atoms with Crippen LogP contribution in [0.3, 0.4) is 0 Å². The van der Waals surface area contributed by atoms with Gasteiger partial charge in [-0.25, -0.2) is 0 Å². The summed E-state index contributed by atoms with van der Waals surface area (Å²) in [5, 5.41) is 0. The Labute approximate surface area is 78.1 Å². The van der Waals surface area contributed by atoms with Crippen molar-refractivity contribution in [2.45, 2.75) is 38.6 Å². The average molecular weight is 181 g/mol. The number of carbonyl (C=O) groups excluding carboxylic acids is 2. The van der Waals surface area contributed by atoms with Gasteiger partial charge in [0.2, 0.25) is 5.91 Å². The molecule has 1 atom stereocenters. The number of likely N-dealkylation sites (tertiary alicyclic amines) is 1. The molecule has 1 amide bonds. The van der Waals surface area contributed by atoms with Crippen LogP contribution in [0.2, 0.25) is 0 Å². The Morgan fingerprint density at radius 2 is 2.08 bits per heavy atom. The Morgan fingerprint density at radius 3 is 2.62 bits per heavy atom. The molecular weight excluding hydrogens is 166 g/mol. The van der Waals surface area contributed by atoms with Crippen molar-refractivity contribution in [1.29, 1.82) is 0 Å². The van der Waals surface area contributed by atoms with E-state index in [0.29, 0.717) is 24.9 Å². The molecule has 0 aromatic carbocycles. The third-order valence-electron chi connectivity index (χ3n) is 3.10. The van der Waals surface area contributed by atoms with Crippen LogP contribution in [-0.4, -0.2) is 29.2 Å². The van der Waals surface area contributed by atoms with E-state index >= 15 is 0 Å². The van der Waals surface area contributed by atoms with Gasteiger partial charge in [0, 0.05) is 19.0 Å². The molecule has 3 nitrogen and oxygen atoms in total. The Morgan fingerprint density at radius 1 is 1.38 bits per heavy atom. The zero-order chi connectivity index (χ0) is 9.42. The predicted octanol–water partition coefficient (Wildman–Crippen LogP) is 0.976. The van der Waals surface area contributed by atoms with Crippen molar-refractivity contribution in [2.24, 2.45) is 5.92 Å². The van der Waals surface area contributed by atoms with Gasteiger partial charge in [-0.05, 0) is 25.7 Å². The van der Waals surface area contributed by atoms with Gasteiger partial charge in [-0.2, -0.15) is 0 Å². The maximum absolute atomic E-state index is 11.5. The van der Waals surface area contributed by atoms with Crippen LogP contribution in [0, 0.1) is 5.92 Å². The van der Waals surface area contributed by atoms with Crippen molar-refractivity contribution in [3.05, 3.63) is 0 Å². The van der Waals surface area contributed by atoms with E-state index < -0.39 is 0 Å². The second kappa shape index (κ2) is 3.13. The summed E-state index contributed by atoms with van der Waals surface area (Å²) in [5.74, 6) is 0.844. The summed E-state index contributed by atoms with van der Waals surface area (Å²) in [5.41, 5.74) is 0. The van der Waals surface area contributed by atoms with Crippen LogP contribution in [0.5, 0.6) is 0 Å². The summed E-state index contributed by atoms with van der Waals surface area (Å²) >= 11 is 0. The van der Waals surface area contributed by atoms with Gasteiger partial charge >= 0.3 is 0 Å². The zero-order valence-electron chi connectivity index (χ0n) is 7.95. The monoisotopic (exact) mass is 181 g/mol. The molecule has 0 aromatic rings. The third kappa shape index (κ3) is 1.74. The van der Waals surface area contributed by atoms with Crippen molar-refractivity contribution < 1.29 is 9.59 Å². The molecule has 1 saturated carbocycles. The molecule has 0 bridgehead atoms. The minimum Gasteiger partial charge on any atom is -0.339 e. The van der Waals surface area contributed by atoms with E-state index in [1.807, 2.05) is 4.90 Å². The van der Waals surface area contributed by atoms with E-state index in [4.69, 9.17) is 0 Å². The van der Waals surface area contributed by atoms with E-state index in [9.17, 15) is 9.59 Å². The number of amides is 1. The van der Waals surface area contributed by atoms with Crippen molar-refractivity contribution in [2.75, 3.05) is 6.54 Å². The molecule has 2 aliphatic rings. The number of rotatable bonds is 2. The Kier molecular flexibility index (Phi) is 2.10. The summed E-state index contributed by atoms with van der Waals surface area (Å²) in [6.45, 7) is 2.75. The topological polar surface area (TPSA) is 37.4 Å². The van der Waals surface area contributed by atoms with Gasteiger partial charge < -0.3 is 4.90 Å². The van der Waals surface area contributed by atoms with Crippen LogP contribution < -0.4 is 0 Å². The van der Waals surface area contributed by atoms with Gasteiger partial charge in [0.1, 0.15) is 5.78 Å². The molecule has 0 aromatic heterocycles. The van der Waals surface area contributed by atoms with Gasteiger partial charge in [0.25, 0.3) is 0 Å². The lowest BCUT2D eigenvalue weighted by molar-refractivity contribution is -0.141. The van der Waals surface area contributed by atoms with E-state index in [1.54, 1.807) is 0 Å². The molecule has 1 heterocycles. The number of Topliss-reactive ketones (excluding diaryl/α,β-unsaturated/α-hetero) is 1. The fourth-order valence-electron chi connectivity index (χ4n) is 1.99. The number of nitrogens with zero attached hydrogens (tertiary/aromatic N) is 1. The van der Waals surface area contributed by atoms with Gasteiger partial charge in [-0.1, -0.05) is 0 Å².